The molecule has 0 aromatic heterocycles. The first-order chi connectivity index (χ1) is 8.08. The Morgan fingerprint density at radius 3 is 2.65 bits per heavy atom. The lowest BCUT2D eigenvalue weighted by atomic mass is 10.1. The molecule has 4 heteroatoms. The van der Waals surface area contributed by atoms with Gasteiger partial charge >= 0.3 is 0 Å². The van der Waals surface area contributed by atoms with Crippen molar-refractivity contribution in [2.45, 2.75) is 25.1 Å². The van der Waals surface area contributed by atoms with E-state index in [4.69, 9.17) is 11.6 Å². The summed E-state index contributed by atoms with van der Waals surface area (Å²) in [6.45, 7) is 3.53. The molecule has 1 aromatic carbocycles. The number of aryl methyl sites for hydroxylation is 1. The third kappa shape index (κ3) is 3.02. The summed E-state index contributed by atoms with van der Waals surface area (Å²) >= 11 is 9.49. The van der Waals surface area contributed by atoms with Crippen molar-refractivity contribution in [3.63, 3.8) is 0 Å². The summed E-state index contributed by atoms with van der Waals surface area (Å²) in [5.41, 5.74) is 1.89. The lowest BCUT2D eigenvalue weighted by molar-refractivity contribution is 0.0725. The second-order valence-electron chi connectivity index (χ2n) is 4.45. The third-order valence-corrected chi connectivity index (χ3v) is 4.16. The van der Waals surface area contributed by atoms with E-state index in [1.807, 2.05) is 30.0 Å². The number of hydrogen-bond acceptors (Lipinski definition) is 1. The average Bonchev–Trinajstić information content (AvgIpc) is 2.29. The van der Waals surface area contributed by atoms with Crippen LogP contribution in [0, 0.1) is 6.92 Å². The molecule has 1 fully saturated rings. The molecule has 1 saturated heterocycles. The Morgan fingerprint density at radius 1 is 1.41 bits per heavy atom. The molecule has 1 aliphatic heterocycles. The minimum Gasteiger partial charge on any atom is -0.339 e. The third-order valence-electron chi connectivity index (χ3n) is 3.07. The lowest BCUT2D eigenvalue weighted by Gasteiger charge is -2.29. The van der Waals surface area contributed by atoms with Crippen molar-refractivity contribution in [2.75, 3.05) is 13.1 Å². The molecule has 0 atom stereocenters. The van der Waals surface area contributed by atoms with Crippen molar-refractivity contribution in [1.29, 1.82) is 0 Å². The minimum atomic E-state index is 0.0976. The summed E-state index contributed by atoms with van der Waals surface area (Å²) in [5.74, 6) is 0.0976. The number of carbonyl (C=O) groups is 1. The summed E-state index contributed by atoms with van der Waals surface area (Å²) in [4.78, 5) is 14.2. The Balaban J connectivity index is 2.14. The molecular formula is C13H15BrClNO. The molecule has 1 aliphatic rings. The Morgan fingerprint density at radius 2 is 2.06 bits per heavy atom. The van der Waals surface area contributed by atoms with Crippen LogP contribution in [0.15, 0.2) is 22.7 Å². The predicted molar refractivity (Wildman–Crippen MR) is 73.7 cm³/mol. The van der Waals surface area contributed by atoms with Gasteiger partial charge in [0, 0.05) is 22.9 Å². The van der Waals surface area contributed by atoms with Crippen LogP contribution in [0.1, 0.15) is 28.8 Å². The van der Waals surface area contributed by atoms with Crippen LogP contribution in [0.2, 0.25) is 0 Å². The van der Waals surface area contributed by atoms with Crippen LogP contribution in [0.25, 0.3) is 0 Å². The van der Waals surface area contributed by atoms with Gasteiger partial charge in [-0.25, -0.2) is 0 Å². The molecule has 0 N–H and O–H groups in total. The summed E-state index contributed by atoms with van der Waals surface area (Å²) in [6, 6.07) is 5.82. The number of likely N-dealkylation sites (tertiary alicyclic amines) is 1. The van der Waals surface area contributed by atoms with E-state index in [0.717, 1.165) is 41.5 Å². The van der Waals surface area contributed by atoms with E-state index in [9.17, 15) is 4.79 Å². The fourth-order valence-electron chi connectivity index (χ4n) is 2.01. The molecule has 1 amide bonds. The number of amides is 1. The van der Waals surface area contributed by atoms with E-state index < -0.39 is 0 Å². The lowest BCUT2D eigenvalue weighted by Crippen LogP contribution is -2.38. The number of alkyl halides is 1. The fourth-order valence-corrected chi connectivity index (χ4v) is 2.87. The second-order valence-corrected chi connectivity index (χ2v) is 5.92. The zero-order chi connectivity index (χ0) is 12.4. The van der Waals surface area contributed by atoms with Crippen molar-refractivity contribution in [3.8, 4) is 0 Å². The largest absolute Gasteiger partial charge is 0.339 e. The monoisotopic (exact) mass is 315 g/mol. The highest BCUT2D eigenvalue weighted by atomic mass is 79.9. The number of halogens is 2. The van der Waals surface area contributed by atoms with E-state index in [2.05, 4.69) is 15.9 Å². The minimum absolute atomic E-state index is 0.0976. The highest BCUT2D eigenvalue weighted by Gasteiger charge is 2.23. The van der Waals surface area contributed by atoms with Crippen molar-refractivity contribution in [2.24, 2.45) is 0 Å². The van der Waals surface area contributed by atoms with Gasteiger partial charge < -0.3 is 4.90 Å². The van der Waals surface area contributed by atoms with Crippen LogP contribution in [0.4, 0.5) is 0 Å². The standard InChI is InChI=1S/C13H15BrClNO/c1-9-2-3-11(12(14)8-9)13(17)16-6-4-10(15)5-7-16/h2-3,8,10H,4-7H2,1H3. The summed E-state index contributed by atoms with van der Waals surface area (Å²) in [7, 11) is 0. The molecule has 2 nitrogen and oxygen atoms in total. The zero-order valence-corrected chi connectivity index (χ0v) is 12.1. The average molecular weight is 317 g/mol. The van der Waals surface area contributed by atoms with Gasteiger partial charge in [-0.3, -0.25) is 4.79 Å². The Bertz CT molecular complexity index is 427. The molecule has 0 unspecified atom stereocenters. The zero-order valence-electron chi connectivity index (χ0n) is 9.75. The van der Waals surface area contributed by atoms with Gasteiger partial charge in [0.25, 0.3) is 5.91 Å². The quantitative estimate of drug-likeness (QED) is 0.725. The van der Waals surface area contributed by atoms with Crippen LogP contribution < -0.4 is 0 Å². The Labute approximate surface area is 115 Å². The van der Waals surface area contributed by atoms with Gasteiger partial charge in [0.15, 0.2) is 0 Å². The van der Waals surface area contributed by atoms with Gasteiger partial charge in [-0.15, -0.1) is 11.6 Å². The summed E-state index contributed by atoms with van der Waals surface area (Å²) in [5, 5.41) is 0.223. The molecule has 2 rings (SSSR count). The molecule has 0 saturated carbocycles. The van der Waals surface area contributed by atoms with E-state index in [1.165, 1.54) is 0 Å². The second kappa shape index (κ2) is 5.40. The van der Waals surface area contributed by atoms with Gasteiger partial charge in [0.05, 0.1) is 5.56 Å². The van der Waals surface area contributed by atoms with E-state index >= 15 is 0 Å². The Hall–Kier alpha value is -0.540. The van der Waals surface area contributed by atoms with E-state index in [-0.39, 0.29) is 11.3 Å². The van der Waals surface area contributed by atoms with Crippen molar-refractivity contribution in [1.82, 2.24) is 4.90 Å². The van der Waals surface area contributed by atoms with Crippen molar-refractivity contribution in [3.05, 3.63) is 33.8 Å². The van der Waals surface area contributed by atoms with E-state index in [1.54, 1.807) is 0 Å². The first-order valence-corrected chi connectivity index (χ1v) is 7.00. The Kier molecular flexibility index (Phi) is 4.10. The first-order valence-electron chi connectivity index (χ1n) is 5.77. The van der Waals surface area contributed by atoms with Crippen molar-refractivity contribution < 1.29 is 4.79 Å². The van der Waals surface area contributed by atoms with Crippen LogP contribution in [-0.4, -0.2) is 29.3 Å². The molecule has 0 spiro atoms. The van der Waals surface area contributed by atoms with Crippen molar-refractivity contribution >= 4 is 33.4 Å². The number of benzene rings is 1. The normalized spacial score (nSPS) is 17.2. The maximum Gasteiger partial charge on any atom is 0.254 e. The topological polar surface area (TPSA) is 20.3 Å². The number of rotatable bonds is 1. The predicted octanol–water partition coefficient (Wildman–Crippen LogP) is 3.60. The molecule has 0 bridgehead atoms. The highest BCUT2D eigenvalue weighted by Crippen LogP contribution is 2.23. The van der Waals surface area contributed by atoms with Crippen LogP contribution >= 0.6 is 27.5 Å². The maximum absolute atomic E-state index is 12.3. The van der Waals surface area contributed by atoms with E-state index in [0.29, 0.717) is 0 Å². The molecule has 1 aromatic rings. The van der Waals surface area contributed by atoms with Gasteiger partial charge in [-0.1, -0.05) is 6.07 Å². The van der Waals surface area contributed by atoms with Gasteiger partial charge in [-0.05, 0) is 53.4 Å². The summed E-state index contributed by atoms with van der Waals surface area (Å²) in [6.07, 6.45) is 1.77. The summed E-state index contributed by atoms with van der Waals surface area (Å²) < 4.78 is 0.871. The SMILES string of the molecule is Cc1ccc(C(=O)N2CCC(Cl)CC2)c(Br)c1. The number of nitrogens with zero attached hydrogens (tertiary/aromatic N) is 1. The van der Waals surface area contributed by atoms with Gasteiger partial charge in [-0.2, -0.15) is 0 Å². The molecular weight excluding hydrogens is 302 g/mol. The van der Waals surface area contributed by atoms with Gasteiger partial charge in [0.1, 0.15) is 0 Å². The smallest absolute Gasteiger partial charge is 0.254 e. The van der Waals surface area contributed by atoms with Crippen LogP contribution in [0.5, 0.6) is 0 Å². The molecule has 0 aliphatic carbocycles. The first kappa shape index (κ1) is 12.9. The van der Waals surface area contributed by atoms with Crippen LogP contribution in [0.3, 0.4) is 0 Å². The van der Waals surface area contributed by atoms with Gasteiger partial charge in [0.2, 0.25) is 0 Å². The molecule has 0 radical (unpaired) electrons. The van der Waals surface area contributed by atoms with Crippen LogP contribution in [-0.2, 0) is 0 Å². The molecule has 1 heterocycles. The molecule has 92 valence electrons. The fraction of sp³-hybridized carbons (Fsp3) is 0.462. The number of carbonyl (C=O) groups excluding carboxylic acids is 1. The number of piperidine rings is 1. The maximum atomic E-state index is 12.3. The highest BCUT2D eigenvalue weighted by molar-refractivity contribution is 9.10. The number of hydrogen-bond donors (Lipinski definition) is 0. The molecule has 17 heavy (non-hydrogen) atoms.